The zero-order valence-electron chi connectivity index (χ0n) is 17.6. The van der Waals surface area contributed by atoms with Crippen molar-refractivity contribution in [2.75, 3.05) is 33.4 Å². The summed E-state index contributed by atoms with van der Waals surface area (Å²) in [5.41, 5.74) is 1.35. The van der Waals surface area contributed by atoms with E-state index in [1.807, 2.05) is 17.0 Å². The molecule has 32 heavy (non-hydrogen) atoms. The SMILES string of the molecule is CNC1=C(C(=O)NCCOCCO)N(Cc2ccc(Cl)cc2)C(Oc2cccc(Cl)c2)N1. The van der Waals surface area contributed by atoms with Gasteiger partial charge < -0.3 is 35.4 Å². The fourth-order valence-corrected chi connectivity index (χ4v) is 3.47. The topological polar surface area (TPSA) is 95.1 Å². The molecule has 0 saturated carbocycles. The Labute approximate surface area is 197 Å². The Morgan fingerprint density at radius 2 is 1.94 bits per heavy atom. The van der Waals surface area contributed by atoms with Crippen molar-refractivity contribution in [3.63, 3.8) is 0 Å². The lowest BCUT2D eigenvalue weighted by Crippen LogP contribution is -2.44. The third kappa shape index (κ3) is 6.43. The van der Waals surface area contributed by atoms with Gasteiger partial charge in [0.25, 0.3) is 12.3 Å². The van der Waals surface area contributed by atoms with Gasteiger partial charge >= 0.3 is 0 Å². The first-order chi connectivity index (χ1) is 15.5. The first-order valence-electron chi connectivity index (χ1n) is 10.1. The van der Waals surface area contributed by atoms with Crippen LogP contribution in [0.1, 0.15) is 5.56 Å². The molecule has 1 aliphatic heterocycles. The van der Waals surface area contributed by atoms with Crippen LogP contribution in [0.2, 0.25) is 10.0 Å². The fourth-order valence-electron chi connectivity index (χ4n) is 3.16. The van der Waals surface area contributed by atoms with Crippen molar-refractivity contribution < 1.29 is 19.4 Å². The average Bonchev–Trinajstić information content (AvgIpc) is 3.12. The van der Waals surface area contributed by atoms with Crippen LogP contribution >= 0.6 is 23.2 Å². The van der Waals surface area contributed by atoms with Gasteiger partial charge in [0, 0.05) is 30.2 Å². The summed E-state index contributed by atoms with van der Waals surface area (Å²) in [7, 11) is 1.72. The Balaban J connectivity index is 1.81. The second-order valence-corrected chi connectivity index (χ2v) is 7.76. The summed E-state index contributed by atoms with van der Waals surface area (Å²) < 4.78 is 11.3. The molecular weight excluding hydrogens is 455 g/mol. The number of nitrogens with zero attached hydrogens (tertiary/aromatic N) is 1. The molecule has 2 aromatic rings. The van der Waals surface area contributed by atoms with Crippen LogP contribution in [0.5, 0.6) is 5.75 Å². The lowest BCUT2D eigenvalue weighted by molar-refractivity contribution is -0.120. The van der Waals surface area contributed by atoms with Crippen LogP contribution in [0.15, 0.2) is 60.0 Å². The van der Waals surface area contributed by atoms with E-state index in [0.29, 0.717) is 47.0 Å². The highest BCUT2D eigenvalue weighted by Gasteiger charge is 2.36. The molecule has 8 nitrogen and oxygen atoms in total. The molecule has 172 valence electrons. The monoisotopic (exact) mass is 480 g/mol. The number of aliphatic hydroxyl groups excluding tert-OH is 1. The van der Waals surface area contributed by atoms with Crippen molar-refractivity contribution in [3.05, 3.63) is 75.7 Å². The molecule has 1 unspecified atom stereocenters. The molecule has 0 radical (unpaired) electrons. The van der Waals surface area contributed by atoms with Crippen molar-refractivity contribution in [2.45, 2.75) is 12.9 Å². The minimum Gasteiger partial charge on any atom is -0.452 e. The molecule has 0 aromatic heterocycles. The quantitative estimate of drug-likeness (QED) is 0.366. The molecule has 10 heteroatoms. The van der Waals surface area contributed by atoms with Gasteiger partial charge in [0.15, 0.2) is 0 Å². The van der Waals surface area contributed by atoms with Gasteiger partial charge in [0.1, 0.15) is 17.3 Å². The van der Waals surface area contributed by atoms with Gasteiger partial charge in [-0.15, -0.1) is 0 Å². The second kappa shape index (κ2) is 11.8. The van der Waals surface area contributed by atoms with E-state index in [1.54, 1.807) is 43.4 Å². The highest BCUT2D eigenvalue weighted by molar-refractivity contribution is 6.30. The van der Waals surface area contributed by atoms with E-state index in [9.17, 15) is 4.79 Å². The first-order valence-corrected chi connectivity index (χ1v) is 10.9. The maximum atomic E-state index is 13.1. The molecule has 0 saturated heterocycles. The van der Waals surface area contributed by atoms with E-state index < -0.39 is 6.35 Å². The number of hydrogen-bond donors (Lipinski definition) is 4. The Bertz CT molecular complexity index is 940. The minimum absolute atomic E-state index is 0.0652. The van der Waals surface area contributed by atoms with Crippen LogP contribution in [0.25, 0.3) is 0 Å². The Hall–Kier alpha value is -2.65. The third-order valence-electron chi connectivity index (χ3n) is 4.62. The minimum atomic E-state index is -0.655. The predicted octanol–water partition coefficient (Wildman–Crippen LogP) is 2.27. The van der Waals surface area contributed by atoms with Crippen LogP contribution in [-0.2, 0) is 16.1 Å². The number of nitrogens with one attached hydrogen (secondary N) is 3. The van der Waals surface area contributed by atoms with Gasteiger partial charge in [0.2, 0.25) is 0 Å². The highest BCUT2D eigenvalue weighted by atomic mass is 35.5. The zero-order valence-corrected chi connectivity index (χ0v) is 19.1. The molecule has 2 aromatic carbocycles. The molecule has 0 spiro atoms. The maximum absolute atomic E-state index is 13.1. The second-order valence-electron chi connectivity index (χ2n) is 6.89. The number of amides is 1. The maximum Gasteiger partial charge on any atom is 0.271 e. The smallest absolute Gasteiger partial charge is 0.271 e. The number of carbonyl (C=O) groups is 1. The fraction of sp³-hybridized carbons (Fsp3) is 0.318. The van der Waals surface area contributed by atoms with Crippen LogP contribution < -0.4 is 20.7 Å². The summed E-state index contributed by atoms with van der Waals surface area (Å²) in [4.78, 5) is 14.9. The molecule has 1 aliphatic rings. The van der Waals surface area contributed by atoms with Crippen LogP contribution in [-0.4, -0.2) is 55.7 Å². The Kier molecular flexibility index (Phi) is 8.87. The lowest BCUT2D eigenvalue weighted by atomic mass is 10.2. The number of carbonyl (C=O) groups excluding carboxylic acids is 1. The standard InChI is InChI=1S/C22H26Cl2N4O4/c1-25-20-19(21(30)26-9-11-31-12-10-29)28(14-15-5-7-16(23)8-6-15)22(27-20)32-18-4-2-3-17(24)13-18/h2-8,13,22,25,27,29H,9-12,14H2,1H3,(H,26,30). The van der Waals surface area contributed by atoms with Crippen molar-refractivity contribution >= 4 is 29.1 Å². The summed E-state index contributed by atoms with van der Waals surface area (Å²) >= 11 is 12.1. The molecule has 0 aliphatic carbocycles. The molecule has 1 heterocycles. The van der Waals surface area contributed by atoms with Crippen LogP contribution in [0.4, 0.5) is 0 Å². The summed E-state index contributed by atoms with van der Waals surface area (Å²) in [6, 6.07) is 14.5. The molecule has 3 rings (SSSR count). The van der Waals surface area contributed by atoms with Gasteiger partial charge in [-0.05, 0) is 35.9 Å². The largest absolute Gasteiger partial charge is 0.452 e. The lowest BCUT2D eigenvalue weighted by Gasteiger charge is -2.28. The van der Waals surface area contributed by atoms with Gasteiger partial charge in [-0.25, -0.2) is 0 Å². The molecule has 1 atom stereocenters. The number of rotatable bonds is 11. The number of ether oxygens (including phenoxy) is 2. The highest BCUT2D eigenvalue weighted by Crippen LogP contribution is 2.26. The van der Waals surface area contributed by atoms with Crippen molar-refractivity contribution in [3.8, 4) is 5.75 Å². The molecule has 0 bridgehead atoms. The van der Waals surface area contributed by atoms with Crippen molar-refractivity contribution in [1.29, 1.82) is 0 Å². The summed E-state index contributed by atoms with van der Waals surface area (Å²) in [5.74, 6) is 0.797. The van der Waals surface area contributed by atoms with Gasteiger partial charge in [-0.3, -0.25) is 4.79 Å². The Morgan fingerprint density at radius 1 is 1.16 bits per heavy atom. The zero-order chi connectivity index (χ0) is 22.9. The Morgan fingerprint density at radius 3 is 2.62 bits per heavy atom. The molecule has 0 fully saturated rings. The normalized spacial score (nSPS) is 15.5. The number of halogens is 2. The summed E-state index contributed by atoms with van der Waals surface area (Å²) in [6.45, 7) is 1.14. The summed E-state index contributed by atoms with van der Waals surface area (Å²) in [6.07, 6.45) is -0.655. The van der Waals surface area contributed by atoms with E-state index in [2.05, 4.69) is 16.0 Å². The van der Waals surface area contributed by atoms with Gasteiger partial charge in [0.05, 0.1) is 19.8 Å². The van der Waals surface area contributed by atoms with Crippen LogP contribution in [0.3, 0.4) is 0 Å². The van der Waals surface area contributed by atoms with Gasteiger partial charge in [-0.2, -0.15) is 0 Å². The van der Waals surface area contributed by atoms with Crippen LogP contribution in [0, 0.1) is 0 Å². The molecular formula is C22H26Cl2N4O4. The number of aliphatic hydroxyl groups is 1. The average molecular weight is 481 g/mol. The predicted molar refractivity (Wildman–Crippen MR) is 123 cm³/mol. The number of benzene rings is 2. The van der Waals surface area contributed by atoms with Crippen molar-refractivity contribution in [1.82, 2.24) is 20.9 Å². The van der Waals surface area contributed by atoms with E-state index in [1.165, 1.54) is 0 Å². The summed E-state index contributed by atoms with van der Waals surface area (Å²) in [5, 5.41) is 19.1. The van der Waals surface area contributed by atoms with Crippen molar-refractivity contribution in [2.24, 2.45) is 0 Å². The molecule has 4 N–H and O–H groups in total. The first kappa shape index (κ1) is 24.0. The van der Waals surface area contributed by atoms with E-state index >= 15 is 0 Å². The van der Waals surface area contributed by atoms with Gasteiger partial charge in [-0.1, -0.05) is 41.4 Å². The van der Waals surface area contributed by atoms with E-state index in [-0.39, 0.29) is 19.1 Å². The third-order valence-corrected chi connectivity index (χ3v) is 5.10. The number of hydrogen-bond acceptors (Lipinski definition) is 7. The van der Waals surface area contributed by atoms with E-state index in [4.69, 9.17) is 37.8 Å². The van der Waals surface area contributed by atoms with E-state index in [0.717, 1.165) is 5.56 Å². The molecule has 1 amide bonds.